The van der Waals surface area contributed by atoms with Crippen molar-refractivity contribution in [2.24, 2.45) is 11.1 Å². The largest absolute Gasteiger partial charge is 0.378 e. The molecule has 0 bridgehead atoms. The topological polar surface area (TPSA) is 76.6 Å². The highest BCUT2D eigenvalue weighted by Gasteiger charge is 2.40. The first-order valence-electron chi connectivity index (χ1n) is 13.5. The number of morpholine rings is 1. The number of imidazole rings is 1. The van der Waals surface area contributed by atoms with Crippen molar-refractivity contribution in [3.63, 3.8) is 0 Å². The minimum absolute atomic E-state index is 0.0809. The fourth-order valence-electron chi connectivity index (χ4n) is 4.99. The molecule has 1 aliphatic rings. The van der Waals surface area contributed by atoms with Gasteiger partial charge >= 0.3 is 6.03 Å². The minimum atomic E-state index is -0.558. The number of carbonyl (C=O) groups is 1. The Hall–Kier alpha value is -3.30. The Bertz CT molecular complexity index is 1250. The Balaban J connectivity index is 1.86. The van der Waals surface area contributed by atoms with Gasteiger partial charge in [-0.15, -0.1) is 0 Å². The monoisotopic (exact) mass is 539 g/mol. The summed E-state index contributed by atoms with van der Waals surface area (Å²) in [6.07, 6.45) is 2.36. The van der Waals surface area contributed by atoms with Gasteiger partial charge in [-0.25, -0.2) is 18.6 Å². The van der Waals surface area contributed by atoms with Gasteiger partial charge in [-0.3, -0.25) is 0 Å². The van der Waals surface area contributed by atoms with Crippen molar-refractivity contribution in [2.45, 2.75) is 52.7 Å². The molecule has 2 N–H and O–H groups in total. The zero-order valence-corrected chi connectivity index (χ0v) is 23.2. The van der Waals surface area contributed by atoms with E-state index in [0.717, 1.165) is 23.8 Å². The Kier molecular flexibility index (Phi) is 9.02. The van der Waals surface area contributed by atoms with Gasteiger partial charge in [0.1, 0.15) is 17.5 Å². The first kappa shape index (κ1) is 28.7. The number of hydrogen-bond acceptors (Lipinski definition) is 4. The van der Waals surface area contributed by atoms with E-state index in [0.29, 0.717) is 57.3 Å². The van der Waals surface area contributed by atoms with Crippen LogP contribution in [0.4, 0.5) is 13.6 Å². The molecule has 2 amide bonds. The summed E-state index contributed by atoms with van der Waals surface area (Å²) in [5, 5.41) is 0. The third-order valence-electron chi connectivity index (χ3n) is 6.94. The lowest BCUT2D eigenvalue weighted by Gasteiger charge is -2.43. The first-order chi connectivity index (χ1) is 18.5. The number of amides is 2. The van der Waals surface area contributed by atoms with Gasteiger partial charge in [-0.1, -0.05) is 51.1 Å². The molecule has 0 radical (unpaired) electrons. The van der Waals surface area contributed by atoms with Crippen molar-refractivity contribution in [2.75, 3.05) is 32.8 Å². The second-order valence-electron chi connectivity index (χ2n) is 11.3. The molecule has 39 heavy (non-hydrogen) atoms. The third kappa shape index (κ3) is 7.02. The summed E-state index contributed by atoms with van der Waals surface area (Å²) in [7, 11) is 0. The molecule has 2 heterocycles. The third-order valence-corrected chi connectivity index (χ3v) is 6.94. The Morgan fingerprint density at radius 1 is 1.13 bits per heavy atom. The zero-order valence-electron chi connectivity index (χ0n) is 23.2. The Morgan fingerprint density at radius 3 is 2.46 bits per heavy atom. The van der Waals surface area contributed by atoms with Crippen LogP contribution < -0.4 is 5.73 Å². The standard InChI is InChI=1S/C30H39F2N5O2/c1-21(33)12-13-37(29(38)35-14-16-39-17-15-35)27(30(2,3)4)28-34-26(24-18-23(31)10-11-25(24)32)20-36(28)19-22-8-6-5-7-9-22/h5-11,18,20-21,27H,12-17,19,33H2,1-4H3/t21-,27-/m0/s1. The van der Waals surface area contributed by atoms with Crippen LogP contribution in [-0.4, -0.2) is 64.3 Å². The van der Waals surface area contributed by atoms with E-state index < -0.39 is 23.1 Å². The molecule has 210 valence electrons. The molecule has 0 aliphatic carbocycles. The number of hydrogen-bond donors (Lipinski definition) is 1. The highest BCUT2D eigenvalue weighted by atomic mass is 19.1. The van der Waals surface area contributed by atoms with Crippen LogP contribution in [0.25, 0.3) is 11.3 Å². The molecule has 0 unspecified atom stereocenters. The maximum atomic E-state index is 14.9. The maximum absolute atomic E-state index is 14.9. The number of urea groups is 1. The number of carbonyl (C=O) groups excluding carboxylic acids is 1. The van der Waals surface area contributed by atoms with E-state index in [9.17, 15) is 13.6 Å². The molecule has 2 aromatic carbocycles. The number of benzene rings is 2. The molecule has 1 aliphatic heterocycles. The van der Waals surface area contributed by atoms with Gasteiger partial charge in [0.2, 0.25) is 0 Å². The van der Waals surface area contributed by atoms with Crippen molar-refractivity contribution >= 4 is 6.03 Å². The Labute approximate surface area is 229 Å². The van der Waals surface area contributed by atoms with Crippen LogP contribution in [-0.2, 0) is 11.3 Å². The van der Waals surface area contributed by atoms with Crippen LogP contribution >= 0.6 is 0 Å². The van der Waals surface area contributed by atoms with E-state index in [1.807, 2.05) is 46.7 Å². The lowest BCUT2D eigenvalue weighted by molar-refractivity contribution is 0.0279. The second-order valence-corrected chi connectivity index (χ2v) is 11.3. The molecule has 7 nitrogen and oxygen atoms in total. The van der Waals surface area contributed by atoms with Gasteiger partial charge in [-0.05, 0) is 42.5 Å². The molecule has 1 saturated heterocycles. The fourth-order valence-corrected chi connectivity index (χ4v) is 4.99. The predicted octanol–water partition coefficient (Wildman–Crippen LogP) is 5.46. The minimum Gasteiger partial charge on any atom is -0.378 e. The lowest BCUT2D eigenvalue weighted by Crippen LogP contribution is -2.52. The summed E-state index contributed by atoms with van der Waals surface area (Å²) in [5.41, 5.74) is 7.12. The first-order valence-corrected chi connectivity index (χ1v) is 13.5. The highest BCUT2D eigenvalue weighted by molar-refractivity contribution is 5.75. The van der Waals surface area contributed by atoms with Crippen molar-refractivity contribution in [3.05, 3.63) is 77.8 Å². The summed E-state index contributed by atoms with van der Waals surface area (Å²) in [5.74, 6) is -0.492. The number of nitrogens with zero attached hydrogens (tertiary/aromatic N) is 4. The zero-order chi connectivity index (χ0) is 28.2. The van der Waals surface area contributed by atoms with Crippen LogP contribution in [0.15, 0.2) is 54.7 Å². The fraction of sp³-hybridized carbons (Fsp3) is 0.467. The molecule has 1 aromatic heterocycles. The number of ether oxygens (including phenoxy) is 1. The van der Waals surface area contributed by atoms with Crippen molar-refractivity contribution in [1.82, 2.24) is 19.4 Å². The van der Waals surface area contributed by atoms with Crippen LogP contribution in [0.3, 0.4) is 0 Å². The molecular formula is C30H39F2N5O2. The molecule has 0 spiro atoms. The normalized spacial score (nSPS) is 15.7. The molecule has 3 aromatic rings. The highest BCUT2D eigenvalue weighted by Crippen LogP contribution is 2.40. The van der Waals surface area contributed by atoms with Crippen LogP contribution in [0, 0.1) is 17.0 Å². The number of halogens is 2. The van der Waals surface area contributed by atoms with E-state index in [1.54, 1.807) is 11.1 Å². The van der Waals surface area contributed by atoms with Crippen molar-refractivity contribution in [3.8, 4) is 11.3 Å². The number of nitrogens with two attached hydrogens (primary N) is 1. The summed E-state index contributed by atoms with van der Waals surface area (Å²) in [4.78, 5) is 22.6. The second kappa shape index (κ2) is 12.3. The SMILES string of the molecule is C[C@H](N)CCN(C(=O)N1CCOCC1)[C@@H](c1nc(-c2cc(F)ccc2F)cn1Cc1ccccc1)C(C)(C)C. The van der Waals surface area contributed by atoms with Crippen LogP contribution in [0.1, 0.15) is 51.5 Å². The van der Waals surface area contributed by atoms with Gasteiger partial charge in [0, 0.05) is 44.0 Å². The van der Waals surface area contributed by atoms with Crippen molar-refractivity contribution < 1.29 is 18.3 Å². The van der Waals surface area contributed by atoms with Gasteiger partial charge in [-0.2, -0.15) is 0 Å². The average molecular weight is 540 g/mol. The van der Waals surface area contributed by atoms with E-state index in [4.69, 9.17) is 15.5 Å². The summed E-state index contributed by atoms with van der Waals surface area (Å²) < 4.78 is 36.5. The summed E-state index contributed by atoms with van der Waals surface area (Å²) in [6.45, 7) is 11.0. The van der Waals surface area contributed by atoms with Gasteiger partial charge < -0.3 is 24.8 Å². The molecular weight excluding hydrogens is 500 g/mol. The van der Waals surface area contributed by atoms with E-state index in [2.05, 4.69) is 20.8 Å². The van der Waals surface area contributed by atoms with Gasteiger partial charge in [0.15, 0.2) is 0 Å². The molecule has 0 saturated carbocycles. The van der Waals surface area contributed by atoms with E-state index in [-0.39, 0.29) is 17.6 Å². The van der Waals surface area contributed by atoms with E-state index >= 15 is 0 Å². The van der Waals surface area contributed by atoms with Crippen LogP contribution in [0.2, 0.25) is 0 Å². The Morgan fingerprint density at radius 2 is 1.82 bits per heavy atom. The smallest absolute Gasteiger partial charge is 0.320 e. The lowest BCUT2D eigenvalue weighted by atomic mass is 9.84. The number of rotatable bonds is 8. The molecule has 1 fully saturated rings. The molecule has 9 heteroatoms. The number of aromatic nitrogens is 2. The maximum Gasteiger partial charge on any atom is 0.320 e. The molecule has 2 atom stereocenters. The van der Waals surface area contributed by atoms with Crippen LogP contribution in [0.5, 0.6) is 0 Å². The quantitative estimate of drug-likeness (QED) is 0.413. The molecule has 4 rings (SSSR count). The summed E-state index contributed by atoms with van der Waals surface area (Å²) in [6, 6.07) is 12.5. The van der Waals surface area contributed by atoms with Gasteiger partial charge in [0.25, 0.3) is 0 Å². The van der Waals surface area contributed by atoms with Crippen molar-refractivity contribution in [1.29, 1.82) is 0 Å². The average Bonchev–Trinajstić information content (AvgIpc) is 3.30. The van der Waals surface area contributed by atoms with Gasteiger partial charge in [0.05, 0.1) is 24.9 Å². The summed E-state index contributed by atoms with van der Waals surface area (Å²) >= 11 is 0. The predicted molar refractivity (Wildman–Crippen MR) is 148 cm³/mol. The van der Waals surface area contributed by atoms with E-state index in [1.165, 1.54) is 0 Å².